The zero-order valence-corrected chi connectivity index (χ0v) is 14.6. The SMILES string of the molecule is Cc1ccc(CN(CCCn2ccnc2)Cc2ccc(Cl)cc2)o1. The van der Waals surface area contributed by atoms with E-state index in [0.29, 0.717) is 0 Å². The van der Waals surface area contributed by atoms with E-state index in [1.807, 2.05) is 43.8 Å². The van der Waals surface area contributed by atoms with Crippen LogP contribution in [0.5, 0.6) is 0 Å². The lowest BCUT2D eigenvalue weighted by Crippen LogP contribution is -2.24. The molecule has 0 amide bonds. The highest BCUT2D eigenvalue weighted by molar-refractivity contribution is 6.30. The Morgan fingerprint density at radius 2 is 1.96 bits per heavy atom. The van der Waals surface area contributed by atoms with Crippen LogP contribution < -0.4 is 0 Å². The summed E-state index contributed by atoms with van der Waals surface area (Å²) in [5.41, 5.74) is 1.25. The van der Waals surface area contributed by atoms with Gasteiger partial charge in [-0.1, -0.05) is 23.7 Å². The summed E-state index contributed by atoms with van der Waals surface area (Å²) in [6.45, 7) is 5.61. The molecular weight excluding hydrogens is 322 g/mol. The first-order valence-corrected chi connectivity index (χ1v) is 8.55. The number of aromatic nitrogens is 2. The topological polar surface area (TPSA) is 34.2 Å². The van der Waals surface area contributed by atoms with Gasteiger partial charge in [-0.05, 0) is 43.2 Å². The van der Waals surface area contributed by atoms with Crippen molar-refractivity contribution in [3.05, 3.63) is 77.2 Å². The van der Waals surface area contributed by atoms with Gasteiger partial charge in [-0.15, -0.1) is 0 Å². The van der Waals surface area contributed by atoms with Gasteiger partial charge < -0.3 is 8.98 Å². The predicted molar refractivity (Wildman–Crippen MR) is 95.9 cm³/mol. The van der Waals surface area contributed by atoms with E-state index in [9.17, 15) is 0 Å². The second-order valence-electron chi connectivity index (χ2n) is 6.00. The second-order valence-corrected chi connectivity index (χ2v) is 6.44. The fourth-order valence-corrected chi connectivity index (χ4v) is 2.87. The molecule has 0 radical (unpaired) electrons. The summed E-state index contributed by atoms with van der Waals surface area (Å²) in [6.07, 6.45) is 6.74. The first-order valence-electron chi connectivity index (χ1n) is 8.17. The second kappa shape index (κ2) is 8.18. The summed E-state index contributed by atoms with van der Waals surface area (Å²) in [4.78, 5) is 6.49. The maximum Gasteiger partial charge on any atom is 0.118 e. The van der Waals surface area contributed by atoms with Gasteiger partial charge in [0.25, 0.3) is 0 Å². The van der Waals surface area contributed by atoms with Crippen molar-refractivity contribution in [3.8, 4) is 0 Å². The Bertz CT molecular complexity index is 734. The third kappa shape index (κ3) is 4.98. The molecule has 0 N–H and O–H groups in total. The lowest BCUT2D eigenvalue weighted by molar-refractivity contribution is 0.227. The maximum absolute atomic E-state index is 5.98. The average molecular weight is 344 g/mol. The van der Waals surface area contributed by atoms with E-state index in [4.69, 9.17) is 16.0 Å². The predicted octanol–water partition coefficient (Wildman–Crippen LogP) is 4.53. The number of benzene rings is 1. The Morgan fingerprint density at radius 1 is 1.12 bits per heavy atom. The summed E-state index contributed by atoms with van der Waals surface area (Å²) in [5, 5.41) is 0.770. The average Bonchev–Trinajstić information content (AvgIpc) is 3.21. The van der Waals surface area contributed by atoms with E-state index in [-0.39, 0.29) is 0 Å². The van der Waals surface area contributed by atoms with Crippen molar-refractivity contribution in [2.45, 2.75) is 33.0 Å². The van der Waals surface area contributed by atoms with E-state index in [1.54, 1.807) is 0 Å². The van der Waals surface area contributed by atoms with E-state index < -0.39 is 0 Å². The van der Waals surface area contributed by atoms with Crippen LogP contribution in [0.3, 0.4) is 0 Å². The fraction of sp³-hybridized carbons (Fsp3) is 0.316. The van der Waals surface area contributed by atoms with Gasteiger partial charge in [-0.25, -0.2) is 4.98 Å². The van der Waals surface area contributed by atoms with Crippen LogP contribution in [-0.2, 0) is 19.6 Å². The summed E-state index contributed by atoms with van der Waals surface area (Å²) < 4.78 is 7.85. The fourth-order valence-electron chi connectivity index (χ4n) is 2.75. The Morgan fingerprint density at radius 3 is 2.62 bits per heavy atom. The molecule has 0 unspecified atom stereocenters. The molecule has 0 aliphatic carbocycles. The van der Waals surface area contributed by atoms with Gasteiger partial charge in [0.2, 0.25) is 0 Å². The Balaban J connectivity index is 1.61. The number of halogens is 1. The third-order valence-electron chi connectivity index (χ3n) is 3.94. The van der Waals surface area contributed by atoms with Gasteiger partial charge in [0.1, 0.15) is 11.5 Å². The molecule has 1 aromatic carbocycles. The third-order valence-corrected chi connectivity index (χ3v) is 4.20. The maximum atomic E-state index is 5.98. The number of furan rings is 1. The summed E-state index contributed by atoms with van der Waals surface area (Å²) in [5.74, 6) is 1.96. The molecule has 0 spiro atoms. The minimum absolute atomic E-state index is 0.770. The number of nitrogens with zero attached hydrogens (tertiary/aromatic N) is 3. The lowest BCUT2D eigenvalue weighted by Gasteiger charge is -2.21. The summed E-state index contributed by atoms with van der Waals surface area (Å²) in [7, 11) is 0. The number of rotatable bonds is 8. The molecule has 4 nitrogen and oxygen atoms in total. The molecule has 0 aliphatic rings. The van der Waals surface area contributed by atoms with Crippen molar-refractivity contribution in [1.29, 1.82) is 0 Å². The van der Waals surface area contributed by atoms with Crippen LogP contribution in [0.4, 0.5) is 0 Å². The van der Waals surface area contributed by atoms with Crippen LogP contribution in [0.15, 0.2) is 59.5 Å². The minimum Gasteiger partial charge on any atom is -0.465 e. The van der Waals surface area contributed by atoms with Crippen molar-refractivity contribution < 1.29 is 4.42 Å². The van der Waals surface area contributed by atoms with Gasteiger partial charge >= 0.3 is 0 Å². The van der Waals surface area contributed by atoms with Gasteiger partial charge in [-0.3, -0.25) is 4.90 Å². The number of hydrogen-bond acceptors (Lipinski definition) is 3. The molecule has 0 aliphatic heterocycles. The number of aryl methyl sites for hydroxylation is 2. The molecular formula is C19H22ClN3O. The molecule has 0 saturated carbocycles. The van der Waals surface area contributed by atoms with Crippen molar-refractivity contribution in [2.75, 3.05) is 6.54 Å². The first-order chi connectivity index (χ1) is 11.7. The van der Waals surface area contributed by atoms with Crippen LogP contribution in [-0.4, -0.2) is 21.0 Å². The van der Waals surface area contributed by atoms with Crippen LogP contribution in [0.1, 0.15) is 23.5 Å². The van der Waals surface area contributed by atoms with Crippen molar-refractivity contribution in [2.24, 2.45) is 0 Å². The molecule has 2 aromatic heterocycles. The molecule has 3 rings (SSSR count). The molecule has 0 bridgehead atoms. The molecule has 3 aromatic rings. The lowest BCUT2D eigenvalue weighted by atomic mass is 10.2. The van der Waals surface area contributed by atoms with Crippen LogP contribution in [0, 0.1) is 6.92 Å². The Hall–Kier alpha value is -2.04. The highest BCUT2D eigenvalue weighted by Gasteiger charge is 2.10. The quantitative estimate of drug-likeness (QED) is 0.602. The van der Waals surface area contributed by atoms with Crippen LogP contribution in [0.2, 0.25) is 5.02 Å². The zero-order chi connectivity index (χ0) is 16.8. The summed E-state index contributed by atoms with van der Waals surface area (Å²) >= 11 is 5.98. The Labute approximate surface area is 147 Å². The van der Waals surface area contributed by atoms with Crippen molar-refractivity contribution in [3.63, 3.8) is 0 Å². The van der Waals surface area contributed by atoms with Crippen LogP contribution >= 0.6 is 11.6 Å². The molecule has 126 valence electrons. The van der Waals surface area contributed by atoms with Crippen molar-refractivity contribution in [1.82, 2.24) is 14.5 Å². The van der Waals surface area contributed by atoms with Gasteiger partial charge in [0, 0.05) is 37.1 Å². The van der Waals surface area contributed by atoms with E-state index in [1.165, 1.54) is 5.56 Å². The smallest absolute Gasteiger partial charge is 0.118 e. The molecule has 0 fully saturated rings. The molecule has 0 atom stereocenters. The van der Waals surface area contributed by atoms with Crippen LogP contribution in [0.25, 0.3) is 0 Å². The van der Waals surface area contributed by atoms with Gasteiger partial charge in [-0.2, -0.15) is 0 Å². The highest BCUT2D eigenvalue weighted by atomic mass is 35.5. The van der Waals surface area contributed by atoms with Crippen molar-refractivity contribution >= 4 is 11.6 Å². The number of hydrogen-bond donors (Lipinski definition) is 0. The number of imidazole rings is 1. The standard InChI is InChI=1S/C19H22ClN3O/c1-16-3-8-19(24-16)14-23(11-2-10-22-12-9-21-15-22)13-17-4-6-18(20)7-5-17/h3-9,12,15H,2,10-11,13-14H2,1H3. The molecule has 0 saturated heterocycles. The molecule has 24 heavy (non-hydrogen) atoms. The minimum atomic E-state index is 0.770. The zero-order valence-electron chi connectivity index (χ0n) is 13.9. The largest absolute Gasteiger partial charge is 0.465 e. The van der Waals surface area contributed by atoms with E-state index in [2.05, 4.69) is 32.7 Å². The Kier molecular flexibility index (Phi) is 5.72. The molecule has 5 heteroatoms. The normalized spacial score (nSPS) is 11.3. The summed E-state index contributed by atoms with van der Waals surface area (Å²) in [6, 6.07) is 12.1. The first kappa shape index (κ1) is 16.8. The van der Waals surface area contributed by atoms with Gasteiger partial charge in [0.05, 0.1) is 12.9 Å². The van der Waals surface area contributed by atoms with E-state index in [0.717, 1.165) is 49.1 Å². The monoisotopic (exact) mass is 343 g/mol. The molecule has 2 heterocycles. The highest BCUT2D eigenvalue weighted by Crippen LogP contribution is 2.15. The van der Waals surface area contributed by atoms with Gasteiger partial charge in [0.15, 0.2) is 0 Å². The van der Waals surface area contributed by atoms with E-state index >= 15 is 0 Å².